The van der Waals surface area contributed by atoms with Crippen molar-refractivity contribution in [2.45, 2.75) is 33.2 Å². The summed E-state index contributed by atoms with van der Waals surface area (Å²) in [7, 11) is 0. The van der Waals surface area contributed by atoms with Crippen LogP contribution < -0.4 is 10.6 Å². The summed E-state index contributed by atoms with van der Waals surface area (Å²) in [4.78, 5) is 12.4. The lowest BCUT2D eigenvalue weighted by molar-refractivity contribution is 0.102. The van der Waals surface area contributed by atoms with Crippen molar-refractivity contribution in [3.8, 4) is 0 Å². The third-order valence-corrected chi connectivity index (χ3v) is 4.09. The summed E-state index contributed by atoms with van der Waals surface area (Å²) < 4.78 is 0.726. The number of carbonyl (C=O) groups is 1. The Morgan fingerprint density at radius 1 is 1.39 bits per heavy atom. The number of hydrogen-bond acceptors (Lipinski definition) is 3. The smallest absolute Gasteiger partial charge is 0.277 e. The molecular formula is C16H22BrClN4O. The van der Waals surface area contributed by atoms with E-state index in [9.17, 15) is 4.79 Å². The Morgan fingerprint density at radius 3 is 2.74 bits per heavy atom. The summed E-state index contributed by atoms with van der Waals surface area (Å²) in [5.74, 6) is 0.0440. The van der Waals surface area contributed by atoms with Gasteiger partial charge in [-0.15, -0.1) is 12.4 Å². The van der Waals surface area contributed by atoms with E-state index in [-0.39, 0.29) is 24.2 Å². The number of benzene rings is 1. The molecule has 0 atom stereocenters. The van der Waals surface area contributed by atoms with Gasteiger partial charge in [0.15, 0.2) is 5.69 Å². The van der Waals surface area contributed by atoms with Crippen molar-refractivity contribution in [3.63, 3.8) is 0 Å². The molecule has 0 fully saturated rings. The Bertz CT molecular complexity index is 657. The van der Waals surface area contributed by atoms with Crippen molar-refractivity contribution in [1.29, 1.82) is 0 Å². The number of aromatic amines is 1. The summed E-state index contributed by atoms with van der Waals surface area (Å²) in [6.45, 7) is 7.85. The summed E-state index contributed by atoms with van der Waals surface area (Å²) >= 11 is 3.45. The average Bonchev–Trinajstić information content (AvgIpc) is 2.87. The Morgan fingerprint density at radius 2 is 2.13 bits per heavy atom. The van der Waals surface area contributed by atoms with Gasteiger partial charge in [0.25, 0.3) is 5.91 Å². The van der Waals surface area contributed by atoms with Crippen LogP contribution in [0.5, 0.6) is 0 Å². The maximum atomic E-state index is 12.4. The fourth-order valence-electron chi connectivity index (χ4n) is 2.09. The molecule has 0 saturated heterocycles. The second kappa shape index (κ2) is 9.05. The number of H-pyrrole nitrogens is 1. The molecule has 7 heteroatoms. The van der Waals surface area contributed by atoms with Crippen LogP contribution in [0.4, 0.5) is 5.69 Å². The molecule has 126 valence electrons. The van der Waals surface area contributed by atoms with E-state index in [0.29, 0.717) is 5.69 Å². The van der Waals surface area contributed by atoms with Gasteiger partial charge in [0.2, 0.25) is 0 Å². The van der Waals surface area contributed by atoms with Crippen LogP contribution in [0.15, 0.2) is 28.7 Å². The standard InChI is InChI=1S/C16H21BrN4O.ClH/c1-4-18-9-11-6-5-7-12(8-11)19-16(22)15-13(17)14(10(2)3)20-21-15;/h5-8,10,18H,4,9H2,1-3H3,(H,19,22)(H,20,21);1H. The predicted octanol–water partition coefficient (Wildman–Crippen LogP) is 4.08. The van der Waals surface area contributed by atoms with E-state index in [4.69, 9.17) is 0 Å². The number of nitrogens with one attached hydrogen (secondary N) is 3. The van der Waals surface area contributed by atoms with Gasteiger partial charge in [-0.3, -0.25) is 9.89 Å². The molecule has 5 nitrogen and oxygen atoms in total. The molecule has 0 aliphatic carbocycles. The normalized spacial score (nSPS) is 10.5. The first kappa shape index (κ1) is 19.7. The van der Waals surface area contributed by atoms with E-state index < -0.39 is 0 Å². The van der Waals surface area contributed by atoms with Gasteiger partial charge in [-0.2, -0.15) is 5.10 Å². The van der Waals surface area contributed by atoms with Crippen LogP contribution >= 0.6 is 28.3 Å². The lowest BCUT2D eigenvalue weighted by Crippen LogP contribution is -2.14. The van der Waals surface area contributed by atoms with Gasteiger partial charge < -0.3 is 10.6 Å². The Labute approximate surface area is 151 Å². The number of halogens is 2. The van der Waals surface area contributed by atoms with Crippen molar-refractivity contribution >= 4 is 39.9 Å². The number of aromatic nitrogens is 2. The molecule has 2 aromatic rings. The molecule has 0 unspecified atom stereocenters. The largest absolute Gasteiger partial charge is 0.321 e. The van der Waals surface area contributed by atoms with Gasteiger partial charge in [-0.1, -0.05) is 32.9 Å². The highest BCUT2D eigenvalue weighted by atomic mass is 79.9. The van der Waals surface area contributed by atoms with E-state index in [1.54, 1.807) is 0 Å². The topological polar surface area (TPSA) is 69.8 Å². The summed E-state index contributed by atoms with van der Waals surface area (Å²) in [6.07, 6.45) is 0. The van der Waals surface area contributed by atoms with Crippen LogP contribution in [-0.2, 0) is 6.54 Å². The minimum atomic E-state index is -0.226. The molecule has 0 spiro atoms. The molecule has 1 heterocycles. The average molecular weight is 402 g/mol. The van der Waals surface area contributed by atoms with E-state index >= 15 is 0 Å². The van der Waals surface area contributed by atoms with Gasteiger partial charge in [-0.25, -0.2) is 0 Å². The zero-order valence-corrected chi connectivity index (χ0v) is 15.8. The zero-order chi connectivity index (χ0) is 16.1. The molecule has 0 aliphatic heterocycles. The van der Waals surface area contributed by atoms with Crippen molar-refractivity contribution in [3.05, 3.63) is 45.7 Å². The molecule has 1 aromatic carbocycles. The fourth-order valence-corrected chi connectivity index (χ4v) is 2.91. The molecular weight excluding hydrogens is 380 g/mol. The lowest BCUT2D eigenvalue weighted by Gasteiger charge is -2.07. The van der Waals surface area contributed by atoms with E-state index in [1.165, 1.54) is 0 Å². The van der Waals surface area contributed by atoms with Crippen LogP contribution in [-0.4, -0.2) is 22.6 Å². The first-order valence-electron chi connectivity index (χ1n) is 7.37. The van der Waals surface area contributed by atoms with Crippen molar-refractivity contribution in [1.82, 2.24) is 15.5 Å². The highest BCUT2D eigenvalue weighted by Crippen LogP contribution is 2.26. The first-order chi connectivity index (χ1) is 10.5. The van der Waals surface area contributed by atoms with Gasteiger partial charge in [0, 0.05) is 12.2 Å². The molecule has 1 amide bonds. The van der Waals surface area contributed by atoms with Crippen LogP contribution in [0.2, 0.25) is 0 Å². The molecule has 0 radical (unpaired) electrons. The molecule has 2 rings (SSSR count). The summed E-state index contributed by atoms with van der Waals surface area (Å²) in [6, 6.07) is 7.79. The summed E-state index contributed by atoms with van der Waals surface area (Å²) in [5.41, 5.74) is 3.19. The minimum Gasteiger partial charge on any atom is -0.321 e. The zero-order valence-electron chi connectivity index (χ0n) is 13.4. The fraction of sp³-hybridized carbons (Fsp3) is 0.375. The van der Waals surface area contributed by atoms with E-state index in [0.717, 1.165) is 34.5 Å². The number of nitrogens with zero attached hydrogens (tertiary/aromatic N) is 1. The monoisotopic (exact) mass is 400 g/mol. The third-order valence-electron chi connectivity index (χ3n) is 3.29. The van der Waals surface area contributed by atoms with Gasteiger partial charge in [0.05, 0.1) is 10.2 Å². The number of hydrogen-bond donors (Lipinski definition) is 3. The van der Waals surface area contributed by atoms with Crippen molar-refractivity contribution in [2.75, 3.05) is 11.9 Å². The molecule has 0 aliphatic rings. The van der Waals surface area contributed by atoms with Gasteiger partial charge in [0.1, 0.15) is 0 Å². The van der Waals surface area contributed by atoms with Gasteiger partial charge in [-0.05, 0) is 46.1 Å². The van der Waals surface area contributed by atoms with Crippen LogP contribution in [0, 0.1) is 0 Å². The number of carbonyl (C=O) groups excluding carboxylic acids is 1. The number of anilines is 1. The minimum absolute atomic E-state index is 0. The highest BCUT2D eigenvalue weighted by molar-refractivity contribution is 9.10. The van der Waals surface area contributed by atoms with E-state index in [2.05, 4.69) is 43.7 Å². The SMILES string of the molecule is CCNCc1cccc(NC(=O)c2n[nH]c(C(C)C)c2Br)c1.Cl. The maximum Gasteiger partial charge on any atom is 0.277 e. The summed E-state index contributed by atoms with van der Waals surface area (Å²) in [5, 5.41) is 13.2. The van der Waals surface area contributed by atoms with Crippen molar-refractivity contribution < 1.29 is 4.79 Å². The van der Waals surface area contributed by atoms with E-state index in [1.807, 2.05) is 38.1 Å². The van der Waals surface area contributed by atoms with Crippen LogP contribution in [0.1, 0.15) is 48.4 Å². The first-order valence-corrected chi connectivity index (χ1v) is 8.17. The molecule has 0 bridgehead atoms. The molecule has 0 saturated carbocycles. The van der Waals surface area contributed by atoms with Gasteiger partial charge >= 0.3 is 0 Å². The third kappa shape index (κ3) is 5.06. The predicted molar refractivity (Wildman–Crippen MR) is 99.4 cm³/mol. The second-order valence-electron chi connectivity index (χ2n) is 5.39. The van der Waals surface area contributed by atoms with Crippen molar-refractivity contribution in [2.24, 2.45) is 0 Å². The second-order valence-corrected chi connectivity index (χ2v) is 6.18. The number of rotatable bonds is 6. The highest BCUT2D eigenvalue weighted by Gasteiger charge is 2.19. The molecule has 1 aromatic heterocycles. The molecule has 3 N–H and O–H groups in total. The number of amides is 1. The Kier molecular flexibility index (Phi) is 7.75. The Balaban J connectivity index is 0.00000264. The quantitative estimate of drug-likeness (QED) is 0.683. The van der Waals surface area contributed by atoms with Crippen LogP contribution in [0.25, 0.3) is 0 Å². The van der Waals surface area contributed by atoms with Crippen LogP contribution in [0.3, 0.4) is 0 Å². The maximum absolute atomic E-state index is 12.4. The Hall–Kier alpha value is -1.37. The lowest BCUT2D eigenvalue weighted by atomic mass is 10.1. The molecule has 23 heavy (non-hydrogen) atoms.